The third-order valence-electron chi connectivity index (χ3n) is 4.47. The number of rotatable bonds is 4. The van der Waals surface area contributed by atoms with Gasteiger partial charge in [-0.3, -0.25) is 9.69 Å². The molecule has 1 amide bonds. The van der Waals surface area contributed by atoms with Gasteiger partial charge in [0.15, 0.2) is 0 Å². The second kappa shape index (κ2) is 8.00. The fourth-order valence-corrected chi connectivity index (χ4v) is 3.38. The zero-order valence-electron chi connectivity index (χ0n) is 15.8. The van der Waals surface area contributed by atoms with Gasteiger partial charge in [-0.25, -0.2) is 4.79 Å². The van der Waals surface area contributed by atoms with Gasteiger partial charge in [0.25, 0.3) is 0 Å². The Morgan fingerprint density at radius 1 is 1.24 bits per heavy atom. The zero-order chi connectivity index (χ0) is 18.6. The van der Waals surface area contributed by atoms with Gasteiger partial charge in [-0.15, -0.1) is 0 Å². The lowest BCUT2D eigenvalue weighted by Crippen LogP contribution is -2.59. The predicted molar refractivity (Wildman–Crippen MR) is 99.3 cm³/mol. The van der Waals surface area contributed by atoms with Crippen molar-refractivity contribution in [1.82, 2.24) is 9.80 Å². The molecule has 5 nitrogen and oxygen atoms in total. The van der Waals surface area contributed by atoms with Crippen LogP contribution in [-0.2, 0) is 9.53 Å². The molecule has 2 saturated heterocycles. The number of amides is 1. The molecule has 0 radical (unpaired) electrons. The number of fused-ring (bicyclic) bond motifs is 2. The molecule has 2 fully saturated rings. The fourth-order valence-electron chi connectivity index (χ4n) is 3.38. The van der Waals surface area contributed by atoms with Crippen LogP contribution in [0, 0.1) is 11.8 Å². The smallest absolute Gasteiger partial charge is 0.410 e. The van der Waals surface area contributed by atoms with Crippen molar-refractivity contribution in [2.45, 2.75) is 33.3 Å². The highest BCUT2D eigenvalue weighted by atomic mass is 16.6. The van der Waals surface area contributed by atoms with Crippen molar-refractivity contribution in [2.75, 3.05) is 32.7 Å². The van der Waals surface area contributed by atoms with Crippen molar-refractivity contribution in [3.63, 3.8) is 0 Å². The quantitative estimate of drug-likeness (QED) is 0.734. The number of hydrogen-bond donors (Lipinski definition) is 0. The Bertz CT molecular complexity index is 568. The Labute approximate surface area is 151 Å². The van der Waals surface area contributed by atoms with Crippen molar-refractivity contribution >= 4 is 11.9 Å². The summed E-state index contributed by atoms with van der Waals surface area (Å²) in [6, 6.07) is 0. The van der Waals surface area contributed by atoms with Crippen molar-refractivity contribution in [3.05, 3.63) is 36.5 Å². The minimum Gasteiger partial charge on any atom is -0.444 e. The van der Waals surface area contributed by atoms with E-state index < -0.39 is 5.60 Å². The lowest BCUT2D eigenvalue weighted by molar-refractivity contribution is -0.136. The maximum atomic E-state index is 12.5. The molecule has 0 aliphatic carbocycles. The van der Waals surface area contributed by atoms with Crippen LogP contribution in [0.5, 0.6) is 0 Å². The highest BCUT2D eigenvalue weighted by Crippen LogP contribution is 2.27. The van der Waals surface area contributed by atoms with Gasteiger partial charge >= 0.3 is 6.09 Å². The third kappa shape index (κ3) is 5.30. The highest BCUT2D eigenvalue weighted by Gasteiger charge is 2.43. The Morgan fingerprint density at radius 3 is 2.32 bits per heavy atom. The van der Waals surface area contributed by atoms with Crippen LogP contribution >= 0.6 is 0 Å². The summed E-state index contributed by atoms with van der Waals surface area (Å²) in [5, 5.41) is 0. The molecule has 2 bridgehead atoms. The lowest BCUT2D eigenvalue weighted by atomic mass is 9.83. The number of ether oxygens (including phenoxy) is 1. The molecule has 2 aliphatic heterocycles. The van der Waals surface area contributed by atoms with Crippen LogP contribution in [0.15, 0.2) is 36.5 Å². The Kier molecular flexibility index (Phi) is 6.22. The van der Waals surface area contributed by atoms with Crippen LogP contribution < -0.4 is 0 Å². The second-order valence-electron chi connectivity index (χ2n) is 7.85. The van der Waals surface area contributed by atoms with Crippen LogP contribution in [0.2, 0.25) is 0 Å². The second-order valence-corrected chi connectivity index (χ2v) is 7.85. The predicted octanol–water partition coefficient (Wildman–Crippen LogP) is 3.04. The van der Waals surface area contributed by atoms with Gasteiger partial charge in [-0.2, -0.15) is 0 Å². The summed E-state index contributed by atoms with van der Waals surface area (Å²) in [7, 11) is 0. The molecule has 0 saturated carbocycles. The average Bonchev–Trinajstić information content (AvgIpc) is 2.50. The van der Waals surface area contributed by atoms with Gasteiger partial charge in [0.05, 0.1) is 0 Å². The first kappa shape index (κ1) is 19.4. The van der Waals surface area contributed by atoms with Crippen LogP contribution in [0.3, 0.4) is 0 Å². The topological polar surface area (TPSA) is 49.9 Å². The maximum absolute atomic E-state index is 12.5. The zero-order valence-corrected chi connectivity index (χ0v) is 15.8. The Balaban J connectivity index is 2.01. The first-order valence-corrected chi connectivity index (χ1v) is 8.91. The number of carbonyl (C=O) groups excluding carboxylic acids is 2. The van der Waals surface area contributed by atoms with Crippen LogP contribution in [0.1, 0.15) is 27.7 Å². The molecular weight excluding hydrogens is 316 g/mol. The maximum Gasteiger partial charge on any atom is 0.410 e. The molecule has 5 heteroatoms. The van der Waals surface area contributed by atoms with E-state index in [0.717, 1.165) is 12.1 Å². The van der Waals surface area contributed by atoms with E-state index in [2.05, 4.69) is 11.5 Å². The van der Waals surface area contributed by atoms with Gasteiger partial charge < -0.3 is 9.64 Å². The number of nitrogens with zero attached hydrogens (tertiary/aromatic N) is 2. The van der Waals surface area contributed by atoms with Gasteiger partial charge in [0.2, 0.25) is 0 Å². The monoisotopic (exact) mass is 346 g/mol. The van der Waals surface area contributed by atoms with Gasteiger partial charge in [-0.1, -0.05) is 30.9 Å². The summed E-state index contributed by atoms with van der Waals surface area (Å²) >= 11 is 0. The SMILES string of the molecule is C=C/C(=C\C=C/C)CN1CC2CN(C(=O)OC(C)(C)C)CC(C1)C2=O. The molecule has 2 aliphatic rings. The van der Waals surface area contributed by atoms with E-state index in [9.17, 15) is 9.59 Å². The number of Topliss-reactive ketones (excluding diaryl/α,β-unsaturated/α-hetero) is 1. The molecule has 138 valence electrons. The number of carbonyl (C=O) groups is 2. The van der Waals surface area contributed by atoms with Crippen molar-refractivity contribution in [2.24, 2.45) is 11.8 Å². The molecule has 2 unspecified atom stereocenters. The van der Waals surface area contributed by atoms with E-state index in [0.29, 0.717) is 26.2 Å². The number of hydrogen-bond acceptors (Lipinski definition) is 4. The number of ketones is 1. The van der Waals surface area contributed by atoms with Crippen molar-refractivity contribution in [1.29, 1.82) is 0 Å². The van der Waals surface area contributed by atoms with E-state index >= 15 is 0 Å². The highest BCUT2D eigenvalue weighted by molar-refractivity contribution is 5.87. The van der Waals surface area contributed by atoms with Gasteiger partial charge in [-0.05, 0) is 33.3 Å². The first-order chi connectivity index (χ1) is 11.7. The van der Waals surface area contributed by atoms with E-state index in [1.165, 1.54) is 0 Å². The average molecular weight is 346 g/mol. The van der Waals surface area contributed by atoms with Crippen LogP contribution in [0.25, 0.3) is 0 Å². The minimum absolute atomic E-state index is 0.132. The van der Waals surface area contributed by atoms with Gasteiger partial charge in [0.1, 0.15) is 11.4 Å². The lowest BCUT2D eigenvalue weighted by Gasteiger charge is -2.44. The largest absolute Gasteiger partial charge is 0.444 e. The molecule has 25 heavy (non-hydrogen) atoms. The summed E-state index contributed by atoms with van der Waals surface area (Å²) in [6.45, 7) is 14.4. The molecule has 0 aromatic carbocycles. The Hall–Kier alpha value is -1.88. The van der Waals surface area contributed by atoms with E-state index in [4.69, 9.17) is 4.74 Å². The van der Waals surface area contributed by atoms with Crippen LogP contribution in [-0.4, -0.2) is 60.0 Å². The minimum atomic E-state index is -0.518. The number of likely N-dealkylation sites (tertiary alicyclic amines) is 2. The molecule has 0 aromatic rings. The molecule has 2 atom stereocenters. The first-order valence-electron chi connectivity index (χ1n) is 8.91. The standard InChI is InChI=1S/C20H30N2O3/c1-6-8-9-15(7-2)10-21-11-16-13-22(14-17(12-21)18(16)23)19(24)25-20(3,4)5/h6-9,16-17H,2,10-14H2,1,3-5H3/b8-6-,15-9+. The molecule has 0 spiro atoms. The number of piperidine rings is 2. The van der Waals surface area contributed by atoms with Crippen LogP contribution in [0.4, 0.5) is 4.79 Å². The van der Waals surface area contributed by atoms with E-state index in [1.54, 1.807) is 4.90 Å². The van der Waals surface area contributed by atoms with Crippen molar-refractivity contribution in [3.8, 4) is 0 Å². The molecule has 0 N–H and O–H groups in total. The van der Waals surface area contributed by atoms with Crippen molar-refractivity contribution < 1.29 is 14.3 Å². The summed E-state index contributed by atoms with van der Waals surface area (Å²) in [5.41, 5.74) is 0.616. The summed E-state index contributed by atoms with van der Waals surface area (Å²) < 4.78 is 5.46. The van der Waals surface area contributed by atoms with E-state index in [-0.39, 0.29) is 23.7 Å². The van der Waals surface area contributed by atoms with E-state index in [1.807, 2.05) is 52.0 Å². The third-order valence-corrected chi connectivity index (χ3v) is 4.47. The molecule has 0 aromatic heterocycles. The molecule has 2 rings (SSSR count). The summed E-state index contributed by atoms with van der Waals surface area (Å²) in [5.74, 6) is 0.0225. The number of allylic oxidation sites excluding steroid dienone is 3. The summed E-state index contributed by atoms with van der Waals surface area (Å²) in [6.07, 6.45) is 7.57. The Morgan fingerprint density at radius 2 is 1.84 bits per heavy atom. The molecule has 2 heterocycles. The summed E-state index contributed by atoms with van der Waals surface area (Å²) in [4.78, 5) is 28.8. The normalized spacial score (nSPS) is 25.4. The van der Waals surface area contributed by atoms with Gasteiger partial charge in [0, 0.05) is 44.6 Å². The molecular formula is C20H30N2O3. The fraction of sp³-hybridized carbons (Fsp3) is 0.600.